The van der Waals surface area contributed by atoms with Crippen molar-refractivity contribution >= 4 is 55.9 Å². The Labute approximate surface area is 472 Å². The highest BCUT2D eigenvalue weighted by Gasteiger charge is 2.43. The van der Waals surface area contributed by atoms with Gasteiger partial charge in [0, 0.05) is 67.2 Å². The number of nitrogens with zero attached hydrogens (tertiary/aromatic N) is 4. The third-order valence-corrected chi connectivity index (χ3v) is 16.1. The lowest BCUT2D eigenvalue weighted by atomic mass is 9.85. The number of aliphatic hydroxyl groups is 1. The number of carbonyl (C=O) groups is 3. The number of H-pyrrole nitrogens is 1. The molecule has 81 heavy (non-hydrogen) atoms. The minimum atomic E-state index is -4.38. The first-order valence-electron chi connectivity index (χ1n) is 26.4. The maximum Gasteiger partial charge on any atom is 0.301 e. The summed E-state index contributed by atoms with van der Waals surface area (Å²) in [5, 5.41) is 17.1. The number of hydrogen-bond acceptors (Lipinski definition) is 15. The minimum absolute atomic E-state index is 0.0130. The van der Waals surface area contributed by atoms with E-state index >= 15 is 8.78 Å². The van der Waals surface area contributed by atoms with E-state index in [0.717, 1.165) is 38.1 Å². The van der Waals surface area contributed by atoms with Gasteiger partial charge in [0.25, 0.3) is 0 Å². The molecule has 4 atom stereocenters. The molecular weight excluding hydrogens is 1090 g/mol. The molecule has 6 aromatic rings. The monoisotopic (exact) mass is 1160 g/mol. The number of β-amino-alcohol motifs (C(OH)–C–C–N with tert-alkyl or cyclic N) is 1. The molecule has 0 aliphatic carbocycles. The average molecular weight is 1160 g/mol. The van der Waals surface area contributed by atoms with Crippen LogP contribution in [-0.2, 0) is 45.3 Å². The maximum atomic E-state index is 15.7. The van der Waals surface area contributed by atoms with E-state index in [9.17, 15) is 32.3 Å². The summed E-state index contributed by atoms with van der Waals surface area (Å²) in [6, 6.07) is 17.2. The van der Waals surface area contributed by atoms with Crippen LogP contribution in [0.3, 0.4) is 0 Å². The number of aromatic nitrogens is 3. The Morgan fingerprint density at radius 2 is 1.56 bits per heavy atom. The summed E-state index contributed by atoms with van der Waals surface area (Å²) in [6.07, 6.45) is 1.05. The van der Waals surface area contributed by atoms with Crippen molar-refractivity contribution in [1.29, 1.82) is 0 Å². The third kappa shape index (κ3) is 15.6. The fraction of sp³-hybridized carbons (Fsp3) is 0.421. The lowest BCUT2D eigenvalue weighted by molar-refractivity contribution is -0.141. The number of carbonyl (C=O) groups excluding carboxylic acids is 3. The van der Waals surface area contributed by atoms with Crippen molar-refractivity contribution in [2.45, 2.75) is 71.4 Å². The number of benzene rings is 3. The Kier molecular flexibility index (Phi) is 20.4. The summed E-state index contributed by atoms with van der Waals surface area (Å²) < 4.78 is 101. The molecule has 2 amide bonds. The summed E-state index contributed by atoms with van der Waals surface area (Å²) in [5.41, 5.74) is 4.76. The summed E-state index contributed by atoms with van der Waals surface area (Å²) in [5.74, 6) is -3.86. The number of ether oxygens (including phenoxy) is 5. The SMILES string of the molecule is C=C(NCc1ccc(-c2scnc2C)cc1)[C@@H]1C[C@@H](O)CN1C(=O)[C@@H](NC(=O)COCCOCCOCCOCCOc1ccc(-c2cnc3[nH]cc(C(=O)c4c(F)ccc(NS(=O)(=O)N5CC[C@@H](F)C5)c4F)c3c2)cc1)C(C)(C)C. The van der Waals surface area contributed by atoms with E-state index in [-0.39, 0.29) is 75.0 Å². The molecule has 0 bridgehead atoms. The van der Waals surface area contributed by atoms with Crippen LogP contribution in [0.2, 0.25) is 0 Å². The highest BCUT2D eigenvalue weighted by atomic mass is 32.2. The van der Waals surface area contributed by atoms with Gasteiger partial charge in [-0.15, -0.1) is 11.3 Å². The van der Waals surface area contributed by atoms with Gasteiger partial charge in [-0.25, -0.2) is 23.1 Å². The fourth-order valence-electron chi connectivity index (χ4n) is 9.31. The quantitative estimate of drug-likeness (QED) is 0.0243. The van der Waals surface area contributed by atoms with Crippen molar-refractivity contribution in [3.05, 3.63) is 131 Å². The van der Waals surface area contributed by atoms with Gasteiger partial charge in [0.15, 0.2) is 5.82 Å². The van der Waals surface area contributed by atoms with E-state index in [4.69, 9.17) is 23.7 Å². The number of rotatable bonds is 28. The van der Waals surface area contributed by atoms with Crippen molar-refractivity contribution < 1.29 is 64.8 Å². The Balaban J connectivity index is 0.685. The molecule has 5 N–H and O–H groups in total. The van der Waals surface area contributed by atoms with Crippen LogP contribution in [0.1, 0.15) is 60.8 Å². The Hall–Kier alpha value is -6.77. The zero-order valence-electron chi connectivity index (χ0n) is 45.5. The molecule has 0 unspecified atom stereocenters. The van der Waals surface area contributed by atoms with Crippen LogP contribution in [0, 0.1) is 24.0 Å². The summed E-state index contributed by atoms with van der Waals surface area (Å²) >= 11 is 1.60. The number of ketones is 1. The second-order valence-corrected chi connectivity index (χ2v) is 23.2. The van der Waals surface area contributed by atoms with Gasteiger partial charge in [-0.05, 0) is 65.8 Å². The molecule has 434 valence electrons. The number of aryl methyl sites for hydroxylation is 1. The average Bonchev–Trinajstić information content (AvgIpc) is 4.31. The van der Waals surface area contributed by atoms with Crippen LogP contribution in [0.4, 0.5) is 18.9 Å². The zero-order chi connectivity index (χ0) is 57.8. The first-order valence-corrected chi connectivity index (χ1v) is 28.7. The van der Waals surface area contributed by atoms with Crippen molar-refractivity contribution in [3.63, 3.8) is 0 Å². The topological polar surface area (TPSA) is 236 Å². The van der Waals surface area contributed by atoms with E-state index in [1.165, 1.54) is 6.20 Å². The Bertz CT molecular complexity index is 3270. The number of anilines is 1. The third-order valence-electron chi connectivity index (χ3n) is 13.7. The predicted molar refractivity (Wildman–Crippen MR) is 299 cm³/mol. The van der Waals surface area contributed by atoms with E-state index in [1.54, 1.807) is 52.8 Å². The minimum Gasteiger partial charge on any atom is -0.491 e. The van der Waals surface area contributed by atoms with Crippen molar-refractivity contribution in [2.75, 3.05) is 83.8 Å². The highest BCUT2D eigenvalue weighted by molar-refractivity contribution is 7.90. The fourth-order valence-corrected chi connectivity index (χ4v) is 11.4. The number of nitrogens with one attached hydrogen (secondary N) is 4. The van der Waals surface area contributed by atoms with Gasteiger partial charge in [0.05, 0.1) is 85.7 Å². The van der Waals surface area contributed by atoms with Crippen LogP contribution in [0.15, 0.2) is 96.9 Å². The Morgan fingerprint density at radius 1 is 0.889 bits per heavy atom. The van der Waals surface area contributed by atoms with Crippen LogP contribution in [0.5, 0.6) is 5.75 Å². The molecule has 3 aromatic heterocycles. The first-order chi connectivity index (χ1) is 38.8. The summed E-state index contributed by atoms with van der Waals surface area (Å²) in [6.45, 7) is 13.8. The van der Waals surface area contributed by atoms with Gasteiger partial charge in [0.2, 0.25) is 17.6 Å². The lowest BCUT2D eigenvalue weighted by Crippen LogP contribution is -2.57. The maximum absolute atomic E-state index is 15.7. The second kappa shape index (κ2) is 27.3. The van der Waals surface area contributed by atoms with Crippen LogP contribution in [-0.4, -0.2) is 159 Å². The number of thiazole rings is 1. The van der Waals surface area contributed by atoms with Gasteiger partial charge in [0.1, 0.15) is 42.6 Å². The molecule has 5 heterocycles. The van der Waals surface area contributed by atoms with Gasteiger partial charge in [-0.3, -0.25) is 19.1 Å². The molecule has 0 radical (unpaired) electrons. The molecule has 19 nitrogen and oxygen atoms in total. The Morgan fingerprint density at radius 3 is 2.20 bits per heavy atom. The lowest BCUT2D eigenvalue weighted by Gasteiger charge is -2.36. The van der Waals surface area contributed by atoms with Crippen LogP contribution in [0.25, 0.3) is 32.6 Å². The van der Waals surface area contributed by atoms with Gasteiger partial charge in [-0.1, -0.05) is 63.7 Å². The number of aliphatic hydroxyl groups excluding tert-OH is 1. The molecule has 3 aromatic carbocycles. The number of hydrogen-bond donors (Lipinski definition) is 5. The second-order valence-electron chi connectivity index (χ2n) is 20.7. The predicted octanol–water partition coefficient (Wildman–Crippen LogP) is 7.11. The van der Waals surface area contributed by atoms with Crippen LogP contribution >= 0.6 is 11.3 Å². The molecule has 2 aliphatic rings. The normalized spacial score (nSPS) is 17.1. The largest absolute Gasteiger partial charge is 0.491 e. The smallest absolute Gasteiger partial charge is 0.301 e. The van der Waals surface area contributed by atoms with E-state index in [2.05, 4.69) is 44.3 Å². The molecule has 24 heteroatoms. The van der Waals surface area contributed by atoms with E-state index < -0.39 is 81.1 Å². The van der Waals surface area contributed by atoms with Gasteiger partial charge < -0.3 is 49.3 Å². The first kappa shape index (κ1) is 60.3. The van der Waals surface area contributed by atoms with Crippen LogP contribution < -0.4 is 20.1 Å². The van der Waals surface area contributed by atoms with Crippen molar-refractivity contribution in [2.24, 2.45) is 5.41 Å². The number of likely N-dealkylation sites (tertiary alicyclic amines) is 1. The number of aromatic amines is 1. The highest BCUT2D eigenvalue weighted by Crippen LogP contribution is 2.33. The molecule has 2 aliphatic heterocycles. The van der Waals surface area contributed by atoms with Gasteiger partial charge in [-0.2, -0.15) is 12.7 Å². The van der Waals surface area contributed by atoms with Gasteiger partial charge >= 0.3 is 10.2 Å². The molecule has 2 fully saturated rings. The zero-order valence-corrected chi connectivity index (χ0v) is 47.1. The number of halogens is 3. The van der Waals surface area contributed by atoms with E-state index in [0.29, 0.717) is 62.0 Å². The standard InChI is InChI=1S/C57H67F3N8O11S2/c1-35(61-28-37-6-8-39(9-7-37)53-36(2)64-34-80-53)48-27-42(69)32-68(48)56(72)54(57(3,4)5)65-49(70)33-78-23-22-76-19-18-75-20-21-77-24-25-79-43-12-10-38(11-13-43)40-26-44-45(30-63-55(44)62-29-40)52(71)50-46(59)14-15-47(51(50)60)66-81(73,74)67-17-16-41(58)31-67/h6-15,26,29-30,34,41-42,48,54,61,66,69H,1,16-25,27-28,31-33H2,2-5H3,(H,62,63)(H,65,70)/t41-,42-,48+,54-/m1/s1. The molecule has 2 saturated heterocycles. The summed E-state index contributed by atoms with van der Waals surface area (Å²) in [4.78, 5) is 55.1. The molecule has 8 rings (SSSR count). The number of fused-ring (bicyclic) bond motifs is 1. The van der Waals surface area contributed by atoms with E-state index in [1.807, 2.05) is 50.1 Å². The number of pyridine rings is 1. The van der Waals surface area contributed by atoms with Crippen molar-refractivity contribution in [1.82, 2.24) is 34.8 Å². The van der Waals surface area contributed by atoms with Crippen molar-refractivity contribution in [3.8, 4) is 27.3 Å². The number of alkyl halides is 1. The molecular formula is C57H67F3N8O11S2. The molecule has 0 saturated carbocycles. The summed E-state index contributed by atoms with van der Waals surface area (Å²) in [7, 11) is -4.38. The number of amides is 2. The molecule has 0 spiro atoms.